The van der Waals surface area contributed by atoms with Crippen molar-refractivity contribution in [1.82, 2.24) is 44.9 Å². The second-order valence-corrected chi connectivity index (χ2v) is 31.6. The van der Waals surface area contributed by atoms with Gasteiger partial charge in [0.05, 0.1) is 34.1 Å². The smallest absolute Gasteiger partial charge is 0.164 e. The molecule has 0 radical (unpaired) electrons. The van der Waals surface area contributed by atoms with Gasteiger partial charge in [-0.2, -0.15) is 0 Å². The summed E-state index contributed by atoms with van der Waals surface area (Å²) in [5, 5.41) is 0. The summed E-state index contributed by atoms with van der Waals surface area (Å²) in [6, 6.07) is 160. The van der Waals surface area contributed by atoms with Gasteiger partial charge in [-0.3, -0.25) is 0 Å². The maximum absolute atomic E-state index is 6.23. The number of hydrogen-bond acceptors (Lipinski definition) is 15. The molecule has 0 aliphatic carbocycles. The molecule has 0 atom stereocenters. The van der Waals surface area contributed by atoms with Crippen molar-refractivity contribution in [2.45, 2.75) is 0 Å². The van der Waals surface area contributed by atoms with Crippen molar-refractivity contribution in [3.8, 4) is 170 Å². The molecule has 15 nitrogen and oxygen atoms in total. The summed E-state index contributed by atoms with van der Waals surface area (Å²) in [4.78, 5) is 51.0. The second-order valence-electron chi connectivity index (χ2n) is 31.6. The van der Waals surface area contributed by atoms with Crippen LogP contribution in [0.1, 0.15) is 0 Å². The molecule has 0 saturated carbocycles. The zero-order valence-corrected chi connectivity index (χ0v) is 71.1. The zero-order chi connectivity index (χ0) is 87.9. The molecular weight excluding hydrogens is 1620 g/mol. The minimum Gasteiger partial charge on any atom is -0.453 e. The lowest BCUT2D eigenvalue weighted by atomic mass is 10.0. The Balaban J connectivity index is 0.000000117. The van der Waals surface area contributed by atoms with E-state index in [0.29, 0.717) is 52.4 Å². The van der Waals surface area contributed by atoms with Gasteiger partial charge in [-0.1, -0.05) is 328 Å². The molecule has 0 saturated heterocycles. The molecule has 0 spiro atoms. The molecule has 21 aromatic rings. The first-order chi connectivity index (χ1) is 65.4. The van der Waals surface area contributed by atoms with E-state index in [1.165, 1.54) is 16.7 Å². The minimum atomic E-state index is 0.610. The maximum Gasteiger partial charge on any atom is 0.164 e. The average molecular weight is 1700 g/mol. The molecule has 0 fully saturated rings. The van der Waals surface area contributed by atoms with Crippen molar-refractivity contribution in [2.75, 3.05) is 14.7 Å². The van der Waals surface area contributed by atoms with Crippen molar-refractivity contribution in [2.24, 2.45) is 0 Å². The van der Waals surface area contributed by atoms with E-state index in [9.17, 15) is 0 Å². The fourth-order valence-electron chi connectivity index (χ4n) is 16.6. The number of para-hydroxylation sites is 12. The van der Waals surface area contributed by atoms with Crippen LogP contribution >= 0.6 is 0 Å². The minimum absolute atomic E-state index is 0.610. The van der Waals surface area contributed by atoms with Gasteiger partial charge in [0.15, 0.2) is 86.9 Å². The molecule has 3 aromatic heterocycles. The Hall–Kier alpha value is -18.2. The van der Waals surface area contributed by atoms with E-state index in [1.54, 1.807) is 0 Å². The Labute approximate surface area is 763 Å². The molecular formula is C117H78N12O3. The lowest BCUT2D eigenvalue weighted by Crippen LogP contribution is -2.15. The highest BCUT2D eigenvalue weighted by Gasteiger charge is 2.30. The average Bonchev–Trinajstić information content (AvgIpc) is 0.764. The molecule has 0 bridgehead atoms. The second kappa shape index (κ2) is 36.0. The van der Waals surface area contributed by atoms with E-state index in [4.69, 9.17) is 59.1 Å². The molecule has 624 valence electrons. The van der Waals surface area contributed by atoms with Crippen LogP contribution in [0, 0.1) is 0 Å². The number of ether oxygens (including phenoxy) is 3. The van der Waals surface area contributed by atoms with Gasteiger partial charge in [0, 0.05) is 67.1 Å². The zero-order valence-electron chi connectivity index (χ0n) is 71.1. The Morgan fingerprint density at radius 3 is 0.409 bits per heavy atom. The number of benzene rings is 18. The summed E-state index contributed by atoms with van der Waals surface area (Å²) >= 11 is 0. The third kappa shape index (κ3) is 16.6. The van der Waals surface area contributed by atoms with Gasteiger partial charge in [-0.05, 0) is 179 Å². The normalized spacial score (nSPS) is 11.8. The standard InChI is InChI=1S/C45H30N4O.C39H26N4O.C33H22N4O/c1-3-11-31(12-4-1)33-19-23-35(24-20-33)43-46-44(36-25-21-34(22-26-36)32-13-5-2-6-14-32)48-45(47-43)37-27-29-38(30-28-37)49-39-15-7-9-17-41(39)50-42-18-10-8-16-40(42)49;1-3-11-27(12-4-1)28-19-21-30(22-20-28)38-40-37(29-13-5-2-6-14-29)41-39(42-38)31-23-25-32(26-24-31)43-33-15-7-9-17-35(33)44-36-18-10-8-16-34(36)43;1-3-11-23(12-4-1)31-34-32(24-13-5-2-6-14-24)36-33(35-31)25-19-21-26(22-20-25)37-27-15-7-9-17-29(27)38-30-18-10-8-16-28(30)37/h1-30H;1-26H;1-22H. The first-order valence-corrected chi connectivity index (χ1v) is 43.6. The Bertz CT molecular complexity index is 7390. The van der Waals surface area contributed by atoms with Gasteiger partial charge in [-0.15, -0.1) is 0 Å². The molecule has 132 heavy (non-hydrogen) atoms. The third-order valence-electron chi connectivity index (χ3n) is 23.2. The molecule has 18 aromatic carbocycles. The third-order valence-corrected chi connectivity index (χ3v) is 23.2. The Morgan fingerprint density at radius 1 is 0.114 bits per heavy atom. The summed E-state index contributed by atoms with van der Waals surface area (Å²) in [6.07, 6.45) is 0. The van der Waals surface area contributed by atoms with Gasteiger partial charge < -0.3 is 28.9 Å². The lowest BCUT2D eigenvalue weighted by molar-refractivity contribution is 0.477. The van der Waals surface area contributed by atoms with Crippen LogP contribution in [0.5, 0.6) is 34.5 Å². The number of rotatable bonds is 15. The molecule has 0 unspecified atom stereocenters. The number of nitrogens with zero attached hydrogens (tertiary/aromatic N) is 12. The summed E-state index contributed by atoms with van der Waals surface area (Å²) in [7, 11) is 0. The molecule has 3 aliphatic rings. The van der Waals surface area contributed by atoms with E-state index in [1.807, 2.05) is 218 Å². The number of aromatic nitrogens is 9. The molecule has 24 rings (SSSR count). The molecule has 0 N–H and O–H groups in total. The van der Waals surface area contributed by atoms with Crippen LogP contribution in [0.15, 0.2) is 473 Å². The summed E-state index contributed by atoms with van der Waals surface area (Å²) < 4.78 is 18.6. The van der Waals surface area contributed by atoms with Crippen molar-refractivity contribution in [1.29, 1.82) is 0 Å². The van der Waals surface area contributed by atoms with Gasteiger partial charge in [-0.25, -0.2) is 44.9 Å². The summed E-state index contributed by atoms with van der Waals surface area (Å²) in [6.45, 7) is 0. The van der Waals surface area contributed by atoms with Crippen molar-refractivity contribution in [3.63, 3.8) is 0 Å². The van der Waals surface area contributed by atoms with Crippen LogP contribution in [-0.4, -0.2) is 44.9 Å². The van der Waals surface area contributed by atoms with Gasteiger partial charge in [0.1, 0.15) is 0 Å². The maximum atomic E-state index is 6.23. The van der Waals surface area contributed by atoms with Crippen LogP contribution in [-0.2, 0) is 0 Å². The Morgan fingerprint density at radius 2 is 0.235 bits per heavy atom. The largest absolute Gasteiger partial charge is 0.453 e. The van der Waals surface area contributed by atoms with Gasteiger partial charge in [0.2, 0.25) is 0 Å². The van der Waals surface area contributed by atoms with Crippen LogP contribution in [0.2, 0.25) is 0 Å². The molecule has 0 amide bonds. The van der Waals surface area contributed by atoms with Gasteiger partial charge in [0.25, 0.3) is 0 Å². The first kappa shape index (κ1) is 79.7. The SMILES string of the molecule is c1ccc(-c2ccc(-c3nc(-c4ccc(-c5ccccc5)cc4)nc(-c4ccc(N5c6ccccc6Oc6ccccc65)cc4)n3)cc2)cc1.c1ccc(-c2ccc(-c3nc(-c4ccccc4)nc(-c4ccc(N5c6ccccc6Oc6ccccc65)cc4)n3)cc2)cc1.c1ccc(-c2nc(-c3ccccc3)nc(-c3ccc(N4c5ccccc5Oc5ccccc54)cc3)n2)cc1. The van der Waals surface area contributed by atoms with Gasteiger partial charge >= 0.3 is 0 Å². The van der Waals surface area contributed by atoms with Crippen molar-refractivity contribution in [3.05, 3.63) is 473 Å². The van der Waals surface area contributed by atoms with Crippen LogP contribution in [0.25, 0.3) is 136 Å². The number of anilines is 9. The van der Waals surface area contributed by atoms with Crippen LogP contribution in [0.4, 0.5) is 51.2 Å². The predicted molar refractivity (Wildman–Crippen MR) is 529 cm³/mol. The quantitative estimate of drug-likeness (QED) is 0.0956. The van der Waals surface area contributed by atoms with Crippen molar-refractivity contribution >= 4 is 51.2 Å². The predicted octanol–water partition coefficient (Wildman–Crippen LogP) is 30.3. The fraction of sp³-hybridized carbons (Fsp3) is 0. The van der Waals surface area contributed by atoms with Crippen LogP contribution < -0.4 is 28.9 Å². The van der Waals surface area contributed by atoms with Crippen molar-refractivity contribution < 1.29 is 14.2 Å². The van der Waals surface area contributed by atoms with Crippen LogP contribution in [0.3, 0.4) is 0 Å². The molecule has 3 aliphatic heterocycles. The molecule has 15 heteroatoms. The monoisotopic (exact) mass is 1700 g/mol. The highest BCUT2D eigenvalue weighted by Crippen LogP contribution is 2.54. The molecule has 6 heterocycles. The van der Waals surface area contributed by atoms with E-state index < -0.39 is 0 Å². The first-order valence-electron chi connectivity index (χ1n) is 43.6. The summed E-state index contributed by atoms with van der Waals surface area (Å²) in [5.41, 5.74) is 24.3. The van der Waals surface area contributed by atoms with E-state index in [0.717, 1.165) is 152 Å². The lowest BCUT2D eigenvalue weighted by Gasteiger charge is -2.32. The highest BCUT2D eigenvalue weighted by molar-refractivity contribution is 5.91. The number of hydrogen-bond donors (Lipinski definition) is 0. The fourth-order valence-corrected chi connectivity index (χ4v) is 16.6. The summed E-state index contributed by atoms with van der Waals surface area (Å²) in [5.74, 6) is 10.6. The van der Waals surface area contributed by atoms with E-state index >= 15 is 0 Å². The topological polar surface area (TPSA) is 153 Å². The highest BCUT2D eigenvalue weighted by atomic mass is 16.5. The van der Waals surface area contributed by atoms with E-state index in [-0.39, 0.29) is 0 Å². The Kier molecular flexibility index (Phi) is 21.7. The van der Waals surface area contributed by atoms with E-state index in [2.05, 4.69) is 269 Å². The number of fused-ring (bicyclic) bond motifs is 6.